The molecule has 1 atom stereocenters. The highest BCUT2D eigenvalue weighted by Crippen LogP contribution is 2.38. The van der Waals surface area contributed by atoms with E-state index in [1.807, 2.05) is 6.07 Å². The highest BCUT2D eigenvalue weighted by molar-refractivity contribution is 7.98. The third kappa shape index (κ3) is 4.79. The number of fused-ring (bicyclic) bond motifs is 1. The van der Waals surface area contributed by atoms with Gasteiger partial charge in [0, 0.05) is 24.9 Å². The van der Waals surface area contributed by atoms with Crippen LogP contribution in [0.3, 0.4) is 0 Å². The van der Waals surface area contributed by atoms with Crippen molar-refractivity contribution in [3.05, 3.63) is 53.6 Å². The quantitative estimate of drug-likeness (QED) is 0.353. The fraction of sp³-hybridized carbons (Fsp3) is 0.519. The van der Waals surface area contributed by atoms with Crippen molar-refractivity contribution in [3.63, 3.8) is 0 Å². The molecule has 1 aliphatic heterocycles. The first-order valence-electron chi connectivity index (χ1n) is 12.7. The van der Waals surface area contributed by atoms with Crippen molar-refractivity contribution in [1.29, 1.82) is 0 Å². The molecule has 3 aromatic rings. The van der Waals surface area contributed by atoms with Crippen LogP contribution in [-0.4, -0.2) is 35.4 Å². The molecule has 1 saturated carbocycles. The highest BCUT2D eigenvalue weighted by Gasteiger charge is 2.30. The number of imidazole rings is 1. The minimum atomic E-state index is -3.49. The molecule has 0 N–H and O–H groups in total. The van der Waals surface area contributed by atoms with Gasteiger partial charge in [-0.1, -0.05) is 62.7 Å². The average molecular weight is 498 g/mol. The first-order chi connectivity index (χ1) is 16.5. The summed E-state index contributed by atoms with van der Waals surface area (Å²) in [5.41, 5.74) is 4.49. The maximum absolute atomic E-state index is 13.4. The number of hydrogen-bond donors (Lipinski definition) is 0. The lowest BCUT2D eigenvalue weighted by atomic mass is 10.0. The normalized spacial score (nSPS) is 20.4. The predicted molar refractivity (Wildman–Crippen MR) is 140 cm³/mol. The molecule has 1 aliphatic carbocycles. The number of sulfonamides is 1. The zero-order valence-corrected chi connectivity index (χ0v) is 21.9. The van der Waals surface area contributed by atoms with Crippen molar-refractivity contribution >= 4 is 32.8 Å². The molecule has 2 aliphatic rings. The second-order valence-electron chi connectivity index (χ2n) is 9.92. The molecule has 0 spiro atoms. The minimum Gasteiger partial charge on any atom is -0.316 e. The number of aromatic nitrogens is 2. The second-order valence-corrected chi connectivity index (χ2v) is 12.8. The summed E-state index contributed by atoms with van der Waals surface area (Å²) in [6.45, 7) is 5.52. The largest absolute Gasteiger partial charge is 0.316 e. The van der Waals surface area contributed by atoms with Crippen LogP contribution in [-0.2, 0) is 22.2 Å². The molecule has 1 saturated heterocycles. The van der Waals surface area contributed by atoms with Gasteiger partial charge in [-0.25, -0.2) is 13.4 Å². The van der Waals surface area contributed by atoms with Crippen LogP contribution in [0.2, 0.25) is 0 Å². The van der Waals surface area contributed by atoms with Gasteiger partial charge in [0.2, 0.25) is 10.0 Å². The van der Waals surface area contributed by atoms with Crippen LogP contribution < -0.4 is 0 Å². The number of benzene rings is 2. The Bertz CT molecular complexity index is 1240. The van der Waals surface area contributed by atoms with Gasteiger partial charge in [-0.3, -0.25) is 0 Å². The summed E-state index contributed by atoms with van der Waals surface area (Å²) in [4.78, 5) is 5.36. The molecule has 0 bridgehead atoms. The van der Waals surface area contributed by atoms with Gasteiger partial charge in [0.1, 0.15) is 0 Å². The van der Waals surface area contributed by atoms with Gasteiger partial charge in [-0.2, -0.15) is 4.31 Å². The van der Waals surface area contributed by atoms with Crippen molar-refractivity contribution in [2.75, 3.05) is 13.1 Å². The van der Waals surface area contributed by atoms with Crippen LogP contribution in [0.4, 0.5) is 0 Å². The first kappa shape index (κ1) is 23.9. The van der Waals surface area contributed by atoms with Gasteiger partial charge in [-0.15, -0.1) is 0 Å². The molecule has 5 nitrogen and oxygen atoms in total. The van der Waals surface area contributed by atoms with Crippen LogP contribution in [0.5, 0.6) is 0 Å². The van der Waals surface area contributed by atoms with Crippen molar-refractivity contribution in [2.24, 2.45) is 5.92 Å². The van der Waals surface area contributed by atoms with Crippen molar-refractivity contribution in [3.8, 4) is 0 Å². The molecular formula is C27H35N3O2S2. The lowest BCUT2D eigenvalue weighted by Crippen LogP contribution is -2.39. The summed E-state index contributed by atoms with van der Waals surface area (Å²) in [6.07, 6.45) is 7.88. The van der Waals surface area contributed by atoms with Gasteiger partial charge < -0.3 is 4.57 Å². The Labute approximate surface area is 208 Å². The van der Waals surface area contributed by atoms with E-state index in [4.69, 9.17) is 4.98 Å². The van der Waals surface area contributed by atoms with E-state index in [1.54, 1.807) is 28.2 Å². The van der Waals surface area contributed by atoms with Crippen molar-refractivity contribution in [2.45, 2.75) is 80.6 Å². The van der Waals surface area contributed by atoms with Gasteiger partial charge in [0.25, 0.3) is 0 Å². The molecule has 1 unspecified atom stereocenters. The van der Waals surface area contributed by atoms with Crippen molar-refractivity contribution < 1.29 is 8.42 Å². The van der Waals surface area contributed by atoms with E-state index in [9.17, 15) is 8.42 Å². The number of piperidine rings is 1. The Morgan fingerprint density at radius 3 is 2.44 bits per heavy atom. The zero-order chi connectivity index (χ0) is 23.7. The Balaban J connectivity index is 1.47. The summed E-state index contributed by atoms with van der Waals surface area (Å²) in [6, 6.07) is 14.8. The number of aryl methyl sites for hydroxylation is 1. The predicted octanol–water partition coefficient (Wildman–Crippen LogP) is 6.43. The zero-order valence-electron chi connectivity index (χ0n) is 20.2. The third-order valence-corrected chi connectivity index (χ3v) is 10.3. The maximum Gasteiger partial charge on any atom is 0.243 e. The van der Waals surface area contributed by atoms with Gasteiger partial charge >= 0.3 is 0 Å². The van der Waals surface area contributed by atoms with Gasteiger partial charge in [0.05, 0.1) is 15.9 Å². The fourth-order valence-corrected chi connectivity index (χ4v) is 8.02. The van der Waals surface area contributed by atoms with E-state index in [2.05, 4.69) is 42.7 Å². The van der Waals surface area contributed by atoms with Crippen molar-refractivity contribution in [1.82, 2.24) is 13.9 Å². The summed E-state index contributed by atoms with van der Waals surface area (Å²) in [5.74, 6) is 1.26. The molecule has 34 heavy (non-hydrogen) atoms. The number of nitrogens with zero attached hydrogens (tertiary/aromatic N) is 3. The molecule has 0 radical (unpaired) electrons. The second kappa shape index (κ2) is 10.0. The summed E-state index contributed by atoms with van der Waals surface area (Å²) in [7, 11) is -3.49. The minimum absolute atomic E-state index is 0.372. The Morgan fingerprint density at radius 2 is 1.74 bits per heavy atom. The van der Waals surface area contributed by atoms with Crippen LogP contribution in [0.15, 0.2) is 52.5 Å². The Hall–Kier alpha value is -1.83. The van der Waals surface area contributed by atoms with Crippen LogP contribution in [0.1, 0.15) is 69.5 Å². The van der Waals surface area contributed by atoms with E-state index in [0.717, 1.165) is 54.0 Å². The molecule has 2 heterocycles. The molecule has 1 aromatic heterocycles. The number of hydrogen-bond acceptors (Lipinski definition) is 4. The van der Waals surface area contributed by atoms with Gasteiger partial charge in [0.15, 0.2) is 5.16 Å². The molecule has 7 heteroatoms. The molecule has 2 fully saturated rings. The number of thioether (sulfide) groups is 1. The SMILES string of the molecule is CCc1ccc(CSc2nc3cc(S(=O)(=O)N4CCCC(C)C4)ccc3n2C2CCCC2)cc1. The average Bonchev–Trinajstić information content (AvgIpc) is 3.50. The topological polar surface area (TPSA) is 55.2 Å². The molecule has 182 valence electrons. The van der Waals surface area contributed by atoms with E-state index >= 15 is 0 Å². The first-order valence-corrected chi connectivity index (χ1v) is 15.1. The fourth-order valence-electron chi connectivity index (χ4n) is 5.37. The third-order valence-electron chi connectivity index (χ3n) is 7.38. The van der Waals surface area contributed by atoms with E-state index in [1.165, 1.54) is 24.0 Å². The van der Waals surface area contributed by atoms with Crippen LogP contribution in [0.25, 0.3) is 11.0 Å². The van der Waals surface area contributed by atoms with E-state index in [-0.39, 0.29) is 0 Å². The molecule has 2 aromatic carbocycles. The highest BCUT2D eigenvalue weighted by atomic mass is 32.2. The molecule has 0 amide bonds. The summed E-state index contributed by atoms with van der Waals surface area (Å²) < 4.78 is 30.8. The maximum atomic E-state index is 13.4. The lowest BCUT2D eigenvalue weighted by Gasteiger charge is -2.30. The molecule has 5 rings (SSSR count). The summed E-state index contributed by atoms with van der Waals surface area (Å²) in [5, 5.41) is 1.00. The Kier molecular flexibility index (Phi) is 7.05. The van der Waals surface area contributed by atoms with E-state index in [0.29, 0.717) is 29.9 Å². The smallest absolute Gasteiger partial charge is 0.243 e. The van der Waals surface area contributed by atoms with E-state index < -0.39 is 10.0 Å². The molecular weight excluding hydrogens is 462 g/mol. The standard InChI is InChI=1S/C27H35N3O2S2/c1-3-21-10-12-22(13-11-21)19-33-27-28-25-17-24(34(31,32)29-16-6-7-20(2)18-29)14-15-26(25)30(27)23-8-4-5-9-23/h10-15,17,20,23H,3-9,16,18-19H2,1-2H3. The lowest BCUT2D eigenvalue weighted by molar-refractivity contribution is 0.281. The van der Waals surface area contributed by atoms with Crippen LogP contribution in [0, 0.1) is 5.92 Å². The van der Waals surface area contributed by atoms with Gasteiger partial charge in [-0.05, 0) is 67.3 Å². The van der Waals surface area contributed by atoms with Crippen LogP contribution >= 0.6 is 11.8 Å². The monoisotopic (exact) mass is 497 g/mol. The number of rotatable bonds is 7. The summed E-state index contributed by atoms with van der Waals surface area (Å²) >= 11 is 1.76. The Morgan fingerprint density at radius 1 is 1.00 bits per heavy atom.